The standard InChI is InChI=1S/C3HF3N3/c4-3(5,6)2-7-1-8-9-2/h(H,7,9)/q+1. The van der Waals surface area contributed by atoms with Gasteiger partial charge in [-0.2, -0.15) is 13.2 Å². The molecule has 1 N–H and O–H groups in total. The summed E-state index contributed by atoms with van der Waals surface area (Å²) in [7, 11) is 0. The fourth-order valence-corrected chi connectivity index (χ4v) is 0.305. The molecule has 2 radical (unpaired) electrons. The summed E-state index contributed by atoms with van der Waals surface area (Å²) in [6.45, 7) is 0. The maximum absolute atomic E-state index is 11.5. The number of hydrazone groups is 1. The molecule has 0 bridgehead atoms. The van der Waals surface area contributed by atoms with Crippen molar-refractivity contribution in [3.63, 3.8) is 0 Å². The highest BCUT2D eigenvalue weighted by Crippen LogP contribution is 2.15. The SMILES string of the molecule is FC(F)(F)C1=N[C]=[N+]N1. The number of rotatable bonds is 0. The molecule has 9 heavy (non-hydrogen) atoms. The zero-order valence-corrected chi connectivity index (χ0v) is 4.03. The first kappa shape index (κ1) is 6.06. The van der Waals surface area contributed by atoms with Gasteiger partial charge in [0, 0.05) is 4.99 Å². The molecule has 1 rings (SSSR count). The Morgan fingerprint density at radius 3 is 2.44 bits per heavy atom. The maximum Gasteiger partial charge on any atom is 0.490 e. The van der Waals surface area contributed by atoms with Gasteiger partial charge in [0.15, 0.2) is 0 Å². The first-order valence-corrected chi connectivity index (χ1v) is 1.96. The summed E-state index contributed by atoms with van der Waals surface area (Å²) in [4.78, 5) is 2.77. The third-order valence-corrected chi connectivity index (χ3v) is 0.642. The summed E-state index contributed by atoms with van der Waals surface area (Å²) < 4.78 is 34.4. The molecular weight excluding hydrogens is 135 g/mol. The van der Waals surface area contributed by atoms with Crippen molar-refractivity contribution < 1.29 is 13.2 Å². The first-order valence-electron chi connectivity index (χ1n) is 1.96. The molecule has 0 aliphatic carbocycles. The number of hydrogen-bond donors (Lipinski definition) is 1. The number of alkyl halides is 3. The highest BCUT2D eigenvalue weighted by atomic mass is 19.4. The van der Waals surface area contributed by atoms with E-state index < -0.39 is 12.0 Å². The highest BCUT2D eigenvalue weighted by molar-refractivity contribution is 5.95. The van der Waals surface area contributed by atoms with Crippen LogP contribution >= 0.6 is 0 Å². The van der Waals surface area contributed by atoms with Crippen LogP contribution in [0.4, 0.5) is 13.2 Å². The van der Waals surface area contributed by atoms with E-state index in [1.807, 2.05) is 0 Å². The van der Waals surface area contributed by atoms with Crippen LogP contribution in [0.5, 0.6) is 0 Å². The Balaban J connectivity index is 2.66. The summed E-state index contributed by atoms with van der Waals surface area (Å²) >= 11 is 0. The minimum Gasteiger partial charge on any atom is -0.161 e. The van der Waals surface area contributed by atoms with Crippen molar-refractivity contribution in [2.75, 3.05) is 0 Å². The van der Waals surface area contributed by atoms with Crippen molar-refractivity contribution in [3.05, 3.63) is 0 Å². The normalized spacial score (nSPS) is 17.4. The molecule has 0 fully saturated rings. The van der Waals surface area contributed by atoms with E-state index in [0.717, 1.165) is 0 Å². The maximum atomic E-state index is 11.5. The highest BCUT2D eigenvalue weighted by Gasteiger charge is 2.44. The summed E-state index contributed by atoms with van der Waals surface area (Å²) in [5.41, 5.74) is 1.64. The largest absolute Gasteiger partial charge is 0.490 e. The van der Waals surface area contributed by atoms with Gasteiger partial charge >= 0.3 is 18.4 Å². The Hall–Kier alpha value is -1.07. The molecule has 0 aromatic heterocycles. The first-order chi connectivity index (χ1) is 4.11. The van der Waals surface area contributed by atoms with Crippen molar-refractivity contribution in [2.24, 2.45) is 4.99 Å². The molecule has 0 spiro atoms. The zero-order chi connectivity index (χ0) is 6.91. The second-order valence-corrected chi connectivity index (χ2v) is 1.28. The molecule has 0 unspecified atom stereocenters. The Morgan fingerprint density at radius 1 is 1.56 bits per heavy atom. The predicted octanol–water partition coefficient (Wildman–Crippen LogP) is -0.294. The van der Waals surface area contributed by atoms with E-state index in [9.17, 15) is 13.2 Å². The molecule has 0 aromatic rings. The Morgan fingerprint density at radius 2 is 2.22 bits per heavy atom. The number of nitrogens with one attached hydrogen (secondary N) is 1. The van der Waals surface area contributed by atoms with Gasteiger partial charge in [-0.05, 0) is 0 Å². The third-order valence-electron chi connectivity index (χ3n) is 0.642. The number of aliphatic imine (C=N–C) groups is 1. The van der Waals surface area contributed by atoms with Crippen LogP contribution in [0, 0.1) is 0 Å². The molecule has 3 nitrogen and oxygen atoms in total. The quantitative estimate of drug-likeness (QED) is 0.488. The summed E-state index contributed by atoms with van der Waals surface area (Å²) in [6.07, 6.45) is -2.68. The minimum atomic E-state index is -4.44. The second-order valence-electron chi connectivity index (χ2n) is 1.28. The molecule has 1 heterocycles. The number of amidine groups is 1. The molecule has 1 aliphatic heterocycles. The predicted molar refractivity (Wildman–Crippen MR) is 23.8 cm³/mol. The van der Waals surface area contributed by atoms with E-state index in [0.29, 0.717) is 0 Å². The van der Waals surface area contributed by atoms with Crippen LogP contribution in [-0.2, 0) is 0 Å². The molecule has 0 saturated heterocycles. The van der Waals surface area contributed by atoms with Gasteiger partial charge in [0.25, 0.3) is 0 Å². The monoisotopic (exact) mass is 136 g/mol. The average Bonchev–Trinajstić information content (AvgIpc) is 2.08. The van der Waals surface area contributed by atoms with Crippen molar-refractivity contribution in [1.29, 1.82) is 0 Å². The van der Waals surface area contributed by atoms with E-state index in [1.54, 1.807) is 11.8 Å². The summed E-state index contributed by atoms with van der Waals surface area (Å²) in [6, 6.07) is 0. The zero-order valence-electron chi connectivity index (χ0n) is 4.03. The Bertz CT molecular complexity index is 168. The molecular formula is C3HF3N3+. The van der Waals surface area contributed by atoms with E-state index in [-0.39, 0.29) is 0 Å². The molecule has 48 valence electrons. The van der Waals surface area contributed by atoms with Crippen molar-refractivity contribution >= 4 is 12.2 Å². The average molecular weight is 136 g/mol. The Labute approximate surface area is 48.3 Å². The van der Waals surface area contributed by atoms with Gasteiger partial charge in [0.2, 0.25) is 0 Å². The lowest BCUT2D eigenvalue weighted by molar-refractivity contribution is -0.0615. The summed E-state index contributed by atoms with van der Waals surface area (Å²) in [5.74, 6) is -1.12. The van der Waals surface area contributed by atoms with Gasteiger partial charge in [-0.25, -0.2) is 0 Å². The van der Waals surface area contributed by atoms with Gasteiger partial charge < -0.3 is 0 Å². The number of hydrogen-bond acceptors (Lipinski definition) is 3. The van der Waals surface area contributed by atoms with Crippen LogP contribution in [0.15, 0.2) is 4.99 Å². The number of halogens is 3. The minimum absolute atomic E-state index is 1.12. The van der Waals surface area contributed by atoms with Crippen molar-refractivity contribution in [1.82, 2.24) is 10.5 Å². The topological polar surface area (TPSA) is 38.5 Å². The number of nitrogens with zero attached hydrogens (tertiary/aromatic N) is 2. The lowest BCUT2D eigenvalue weighted by Gasteiger charge is -1.96. The fourth-order valence-electron chi connectivity index (χ4n) is 0.305. The van der Waals surface area contributed by atoms with E-state index in [2.05, 4.69) is 10.1 Å². The smallest absolute Gasteiger partial charge is 0.161 e. The van der Waals surface area contributed by atoms with E-state index in [4.69, 9.17) is 0 Å². The van der Waals surface area contributed by atoms with Crippen LogP contribution in [0.1, 0.15) is 0 Å². The van der Waals surface area contributed by atoms with Gasteiger partial charge in [-0.15, -0.1) is 5.43 Å². The van der Waals surface area contributed by atoms with Gasteiger partial charge in [-0.1, -0.05) is 0 Å². The van der Waals surface area contributed by atoms with Crippen molar-refractivity contribution in [2.45, 2.75) is 6.18 Å². The van der Waals surface area contributed by atoms with E-state index in [1.165, 1.54) is 0 Å². The molecule has 0 atom stereocenters. The lowest BCUT2D eigenvalue weighted by Crippen LogP contribution is -2.34. The van der Waals surface area contributed by atoms with Gasteiger partial charge in [0.05, 0.1) is 5.10 Å². The van der Waals surface area contributed by atoms with Crippen LogP contribution in [0.3, 0.4) is 0 Å². The van der Waals surface area contributed by atoms with Crippen LogP contribution in [0.25, 0.3) is 0 Å². The van der Waals surface area contributed by atoms with Gasteiger partial charge in [-0.3, -0.25) is 0 Å². The van der Waals surface area contributed by atoms with Crippen LogP contribution < -0.4 is 10.5 Å². The second kappa shape index (κ2) is 1.71. The fraction of sp³-hybridized carbons (Fsp3) is 0.333. The van der Waals surface area contributed by atoms with E-state index >= 15 is 0 Å². The molecule has 0 saturated carbocycles. The van der Waals surface area contributed by atoms with Gasteiger partial charge in [0.1, 0.15) is 0 Å². The lowest BCUT2D eigenvalue weighted by atomic mass is 10.6. The Kier molecular flexibility index (Phi) is 1.15. The summed E-state index contributed by atoms with van der Waals surface area (Å²) in [5, 5.41) is 2.91. The molecule has 6 heteroatoms. The third kappa shape index (κ3) is 1.18. The van der Waals surface area contributed by atoms with Crippen LogP contribution in [-0.4, -0.2) is 18.4 Å². The molecule has 0 aromatic carbocycles. The molecule has 0 amide bonds. The van der Waals surface area contributed by atoms with Crippen LogP contribution in [0.2, 0.25) is 0 Å². The molecule has 1 aliphatic rings. The van der Waals surface area contributed by atoms with Crippen molar-refractivity contribution in [3.8, 4) is 0 Å².